The highest BCUT2D eigenvalue weighted by atomic mass is 19.3. The van der Waals surface area contributed by atoms with Crippen molar-refractivity contribution in [1.29, 1.82) is 0 Å². The number of aliphatic hydroxyl groups excluding tert-OH is 1. The molecule has 2 atom stereocenters. The molecule has 3 aromatic heterocycles. The Kier molecular flexibility index (Phi) is 6.99. The second kappa shape index (κ2) is 10.3. The van der Waals surface area contributed by atoms with E-state index in [4.69, 9.17) is 16.2 Å². The number of rotatable bonds is 7. The van der Waals surface area contributed by atoms with Gasteiger partial charge in [-0.1, -0.05) is 0 Å². The Morgan fingerprint density at radius 2 is 1.90 bits per heavy atom. The van der Waals surface area contributed by atoms with Gasteiger partial charge in [-0.15, -0.1) is 0 Å². The van der Waals surface area contributed by atoms with Crippen LogP contribution in [0.15, 0.2) is 36.9 Å². The highest BCUT2D eigenvalue weighted by molar-refractivity contribution is 5.67. The van der Waals surface area contributed by atoms with Gasteiger partial charge in [-0.25, -0.2) is 27.5 Å². The fourth-order valence-corrected chi connectivity index (χ4v) is 4.96. The third kappa shape index (κ3) is 4.92. The third-order valence-electron chi connectivity index (χ3n) is 6.99. The van der Waals surface area contributed by atoms with Gasteiger partial charge in [-0.2, -0.15) is 9.61 Å². The van der Waals surface area contributed by atoms with Crippen molar-refractivity contribution in [3.8, 4) is 17.0 Å². The molecule has 4 aromatic rings. The van der Waals surface area contributed by atoms with Crippen molar-refractivity contribution in [2.75, 3.05) is 30.8 Å². The first-order chi connectivity index (χ1) is 18.6. The Labute approximate surface area is 220 Å². The summed E-state index contributed by atoms with van der Waals surface area (Å²) in [6, 6.07) is 3.52. The number of halogens is 4. The lowest BCUT2D eigenvalue weighted by Crippen LogP contribution is -2.63. The highest BCUT2D eigenvalue weighted by Gasteiger charge is 2.43. The van der Waals surface area contributed by atoms with E-state index in [-0.39, 0.29) is 42.3 Å². The largest absolute Gasteiger partial charge is 0.494 e. The van der Waals surface area contributed by atoms with Crippen molar-refractivity contribution in [1.82, 2.24) is 24.6 Å². The molecule has 0 aliphatic carbocycles. The summed E-state index contributed by atoms with van der Waals surface area (Å²) < 4.78 is 62.4. The van der Waals surface area contributed by atoms with Gasteiger partial charge in [-0.05, 0) is 30.5 Å². The van der Waals surface area contributed by atoms with Crippen LogP contribution in [0.3, 0.4) is 0 Å². The number of nitrogens with two attached hydrogens (primary N) is 2. The predicted molar refractivity (Wildman–Crippen MR) is 135 cm³/mol. The second-order valence-corrected chi connectivity index (χ2v) is 9.52. The van der Waals surface area contributed by atoms with Crippen LogP contribution in [0.2, 0.25) is 0 Å². The number of aromatic nitrogens is 5. The van der Waals surface area contributed by atoms with Crippen molar-refractivity contribution in [2.24, 2.45) is 5.73 Å². The van der Waals surface area contributed by atoms with Crippen molar-refractivity contribution in [2.45, 2.75) is 37.3 Å². The lowest BCUT2D eigenvalue weighted by atomic mass is 9.84. The van der Waals surface area contributed by atoms with Crippen LogP contribution in [0.5, 0.6) is 5.75 Å². The maximum absolute atomic E-state index is 14.9. The molecule has 206 valence electrons. The Bertz CT molecular complexity index is 1520. The van der Waals surface area contributed by atoms with Crippen LogP contribution in [0.25, 0.3) is 16.9 Å². The lowest BCUT2D eigenvalue weighted by Gasteiger charge is -2.44. The molecule has 0 bridgehead atoms. The van der Waals surface area contributed by atoms with Gasteiger partial charge in [0.25, 0.3) is 6.43 Å². The van der Waals surface area contributed by atoms with Gasteiger partial charge in [0, 0.05) is 36.7 Å². The molecule has 1 aromatic carbocycles. The summed E-state index contributed by atoms with van der Waals surface area (Å²) >= 11 is 0. The van der Waals surface area contributed by atoms with Crippen LogP contribution in [-0.2, 0) is 6.42 Å². The topological polar surface area (TPSA) is 141 Å². The van der Waals surface area contributed by atoms with Crippen molar-refractivity contribution in [3.63, 3.8) is 0 Å². The zero-order chi connectivity index (χ0) is 27.9. The molecule has 1 aliphatic rings. The number of ether oxygens (including phenoxy) is 1. The average molecular weight is 547 g/mol. The molecule has 39 heavy (non-hydrogen) atoms. The van der Waals surface area contributed by atoms with Crippen LogP contribution < -0.4 is 21.1 Å². The van der Waals surface area contributed by atoms with Gasteiger partial charge in [-0.3, -0.25) is 4.98 Å². The van der Waals surface area contributed by atoms with Gasteiger partial charge >= 0.3 is 0 Å². The normalized spacial score (nSPS) is 18.6. The van der Waals surface area contributed by atoms with Crippen LogP contribution in [0.1, 0.15) is 24.0 Å². The fourth-order valence-electron chi connectivity index (χ4n) is 4.96. The van der Waals surface area contributed by atoms with Crippen LogP contribution >= 0.6 is 0 Å². The van der Waals surface area contributed by atoms with E-state index < -0.39 is 29.7 Å². The SMILES string of the molecule is COc1cc(F)c(-c2cc(Cc3cnn4c(N)ncnc34)c(N3CCC[C@](N)([C@@H](O)C(F)F)C3)cn2)cc1F. The summed E-state index contributed by atoms with van der Waals surface area (Å²) in [5.41, 5.74) is 12.9. The molecule has 1 aliphatic heterocycles. The highest BCUT2D eigenvalue weighted by Crippen LogP contribution is 2.35. The molecule has 4 heterocycles. The number of nitrogens with zero attached hydrogens (tertiary/aromatic N) is 6. The number of pyridine rings is 1. The Morgan fingerprint density at radius 3 is 2.64 bits per heavy atom. The first kappa shape index (κ1) is 26.6. The molecule has 1 fully saturated rings. The minimum absolute atomic E-state index is 0.0675. The summed E-state index contributed by atoms with van der Waals surface area (Å²) in [5.74, 6) is -1.62. The van der Waals surface area contributed by atoms with E-state index in [0.717, 1.165) is 12.1 Å². The Morgan fingerprint density at radius 1 is 1.10 bits per heavy atom. The van der Waals surface area contributed by atoms with Crippen molar-refractivity contribution in [3.05, 3.63) is 59.7 Å². The smallest absolute Gasteiger partial charge is 0.265 e. The molecule has 0 saturated carbocycles. The maximum atomic E-state index is 14.9. The van der Waals surface area contributed by atoms with Gasteiger partial charge in [0.1, 0.15) is 18.2 Å². The van der Waals surface area contributed by atoms with E-state index in [9.17, 15) is 22.7 Å². The molecule has 0 radical (unpaired) electrons. The molecule has 5 rings (SSSR count). The molecule has 1 saturated heterocycles. The first-order valence-corrected chi connectivity index (χ1v) is 12.1. The summed E-state index contributed by atoms with van der Waals surface area (Å²) in [6.07, 6.45) is 0.138. The molecule has 5 N–H and O–H groups in total. The standard InChI is InChI=1S/C25H26F4N8O2/c1-39-20-8-16(26)15(7-17(20)27)18-6-13(5-14-9-35-37-23(14)33-12-34-24(37)30)19(10-32-18)36-4-2-3-25(31,11-36)21(38)22(28)29/h6-10,12,21-22,38H,2-5,11,31H2,1H3,(H2,30,33,34)/t21-,25+/m0/s1. The zero-order valence-corrected chi connectivity index (χ0v) is 20.9. The summed E-state index contributed by atoms with van der Waals surface area (Å²) in [6.45, 7) is 0.389. The lowest BCUT2D eigenvalue weighted by molar-refractivity contribution is -0.0529. The monoisotopic (exact) mass is 546 g/mol. The number of methoxy groups -OCH3 is 1. The van der Waals surface area contributed by atoms with Crippen LogP contribution in [0, 0.1) is 11.6 Å². The molecule has 0 amide bonds. The maximum Gasteiger partial charge on any atom is 0.265 e. The second-order valence-electron chi connectivity index (χ2n) is 9.52. The number of aliphatic hydroxyl groups is 1. The van der Waals surface area contributed by atoms with E-state index in [0.29, 0.717) is 35.4 Å². The Hall–Kier alpha value is -4.04. The number of hydrogen-bond donors (Lipinski definition) is 3. The molecule has 10 nitrogen and oxygen atoms in total. The average Bonchev–Trinajstić information content (AvgIpc) is 3.33. The van der Waals surface area contributed by atoms with Crippen molar-refractivity contribution < 1.29 is 27.4 Å². The summed E-state index contributed by atoms with van der Waals surface area (Å²) in [5, 5.41) is 14.4. The van der Waals surface area contributed by atoms with E-state index in [1.54, 1.807) is 17.2 Å². The number of hydrogen-bond acceptors (Lipinski definition) is 9. The molecule has 14 heteroatoms. The van der Waals surface area contributed by atoms with Crippen LogP contribution in [-0.4, -0.2) is 67.9 Å². The molecular formula is C25H26F4N8O2. The number of piperidine rings is 1. The van der Waals surface area contributed by atoms with E-state index in [1.807, 2.05) is 0 Å². The fraction of sp³-hybridized carbons (Fsp3) is 0.360. The summed E-state index contributed by atoms with van der Waals surface area (Å²) in [4.78, 5) is 14.3. The number of anilines is 2. The molecule has 0 unspecified atom stereocenters. The Balaban J connectivity index is 1.60. The third-order valence-corrected chi connectivity index (χ3v) is 6.99. The zero-order valence-electron chi connectivity index (χ0n) is 20.9. The van der Waals surface area contributed by atoms with Gasteiger partial charge in [0.05, 0.1) is 36.4 Å². The van der Waals surface area contributed by atoms with E-state index >= 15 is 0 Å². The van der Waals surface area contributed by atoms with Gasteiger partial charge < -0.3 is 26.2 Å². The molecule has 0 spiro atoms. The first-order valence-electron chi connectivity index (χ1n) is 12.1. The number of alkyl halides is 2. The van der Waals surface area contributed by atoms with Crippen LogP contribution in [0.4, 0.5) is 29.2 Å². The molecular weight excluding hydrogens is 520 g/mol. The minimum atomic E-state index is -3.01. The number of benzene rings is 1. The van der Waals surface area contributed by atoms with Gasteiger partial charge in [0.2, 0.25) is 5.95 Å². The number of nitrogen functional groups attached to an aromatic ring is 1. The summed E-state index contributed by atoms with van der Waals surface area (Å²) in [7, 11) is 1.23. The number of fused-ring (bicyclic) bond motifs is 1. The minimum Gasteiger partial charge on any atom is -0.494 e. The van der Waals surface area contributed by atoms with E-state index in [1.165, 1.54) is 24.1 Å². The van der Waals surface area contributed by atoms with E-state index in [2.05, 4.69) is 20.1 Å². The van der Waals surface area contributed by atoms with Crippen molar-refractivity contribution >= 4 is 17.3 Å². The predicted octanol–water partition coefficient (Wildman–Crippen LogP) is 2.57. The quantitative estimate of drug-likeness (QED) is 0.298. The van der Waals surface area contributed by atoms with Gasteiger partial charge in [0.15, 0.2) is 17.2 Å².